The highest BCUT2D eigenvalue weighted by atomic mass is 127. The average Bonchev–Trinajstić information content (AvgIpc) is 2.72. The number of halogens is 1. The second-order valence-electron chi connectivity index (χ2n) is 7.62. The summed E-state index contributed by atoms with van der Waals surface area (Å²) in [6.45, 7) is 10.1. The van der Waals surface area contributed by atoms with Gasteiger partial charge in [0, 0.05) is 52.9 Å². The third-order valence-electron chi connectivity index (χ3n) is 4.91. The fraction of sp³-hybridized carbons (Fsp3) is 0.571. The van der Waals surface area contributed by atoms with Gasteiger partial charge in [-0.15, -0.1) is 24.0 Å². The Morgan fingerprint density at radius 2 is 2.03 bits per heavy atom. The summed E-state index contributed by atoms with van der Waals surface area (Å²) in [5, 5.41) is 6.76. The Hall–Kier alpha value is -1.21. The Labute approximate surface area is 204 Å². The van der Waals surface area contributed by atoms with E-state index in [9.17, 15) is 8.42 Å². The van der Waals surface area contributed by atoms with Crippen LogP contribution in [-0.4, -0.2) is 72.3 Å². The lowest BCUT2D eigenvalue weighted by atomic mass is 10.0. The SMILES string of the molecule is C=C(C)CN1CCC(NC(=NC)NCc2cccc(S(=O)(=O)NCCOC)c2)CC1.I. The number of ether oxygens (including phenoxy) is 1. The van der Waals surface area contributed by atoms with E-state index in [-0.39, 0.29) is 35.4 Å². The summed E-state index contributed by atoms with van der Waals surface area (Å²) in [6, 6.07) is 7.27. The molecule has 0 amide bonds. The summed E-state index contributed by atoms with van der Waals surface area (Å²) in [7, 11) is -0.273. The van der Waals surface area contributed by atoms with Gasteiger partial charge in [-0.3, -0.25) is 9.89 Å². The molecular weight excluding hydrogens is 529 g/mol. The highest BCUT2D eigenvalue weighted by molar-refractivity contribution is 14.0. The normalized spacial score (nSPS) is 15.9. The first-order valence-corrected chi connectivity index (χ1v) is 11.7. The van der Waals surface area contributed by atoms with Crippen molar-refractivity contribution in [3.05, 3.63) is 42.0 Å². The zero-order valence-corrected chi connectivity index (χ0v) is 21.8. The van der Waals surface area contributed by atoms with Crippen molar-refractivity contribution in [1.82, 2.24) is 20.3 Å². The number of sulfonamides is 1. The van der Waals surface area contributed by atoms with E-state index >= 15 is 0 Å². The number of aliphatic imine (C=N–C) groups is 1. The predicted octanol–water partition coefficient (Wildman–Crippen LogP) is 1.93. The van der Waals surface area contributed by atoms with Crippen LogP contribution in [0.4, 0.5) is 0 Å². The summed E-state index contributed by atoms with van der Waals surface area (Å²) >= 11 is 0. The Morgan fingerprint density at radius 1 is 1.32 bits per heavy atom. The molecule has 1 aliphatic rings. The Bertz CT molecular complexity index is 824. The molecule has 8 nitrogen and oxygen atoms in total. The monoisotopic (exact) mass is 565 g/mol. The summed E-state index contributed by atoms with van der Waals surface area (Å²) in [6.07, 6.45) is 2.10. The number of hydrogen-bond donors (Lipinski definition) is 3. The summed E-state index contributed by atoms with van der Waals surface area (Å²) in [5.74, 6) is 0.722. The topological polar surface area (TPSA) is 95.1 Å². The van der Waals surface area contributed by atoms with Crippen LogP contribution in [0.25, 0.3) is 0 Å². The molecule has 0 unspecified atom stereocenters. The van der Waals surface area contributed by atoms with Crippen LogP contribution in [0.15, 0.2) is 46.3 Å². The molecule has 0 spiro atoms. The number of guanidine groups is 1. The van der Waals surface area contributed by atoms with E-state index in [1.807, 2.05) is 6.07 Å². The largest absolute Gasteiger partial charge is 0.383 e. The zero-order valence-electron chi connectivity index (χ0n) is 18.7. The third-order valence-corrected chi connectivity index (χ3v) is 6.37. The maximum absolute atomic E-state index is 12.4. The van der Waals surface area contributed by atoms with Crippen LogP contribution in [0.5, 0.6) is 0 Å². The van der Waals surface area contributed by atoms with Gasteiger partial charge in [0.05, 0.1) is 11.5 Å². The lowest BCUT2D eigenvalue weighted by Gasteiger charge is -2.33. The van der Waals surface area contributed by atoms with Gasteiger partial charge in [0.2, 0.25) is 10.0 Å². The molecule has 2 rings (SSSR count). The standard InChI is InChI=1S/C21H35N5O3S.HI/c1-17(2)16-26-11-8-19(9-12-26)25-21(22-3)23-15-18-6-5-7-20(14-18)30(27,28)24-10-13-29-4;/h5-7,14,19,24H,1,8-13,15-16H2,2-4H3,(H2,22,23,25);1H. The molecule has 0 bridgehead atoms. The molecule has 176 valence electrons. The fourth-order valence-corrected chi connectivity index (χ4v) is 4.46. The van der Waals surface area contributed by atoms with Crippen molar-refractivity contribution in [3.63, 3.8) is 0 Å². The number of hydrogen-bond acceptors (Lipinski definition) is 5. The molecular formula is C21H36IN5O3S. The van der Waals surface area contributed by atoms with Gasteiger partial charge in [-0.2, -0.15) is 0 Å². The van der Waals surface area contributed by atoms with Crippen molar-refractivity contribution >= 4 is 40.0 Å². The molecule has 0 atom stereocenters. The summed E-state index contributed by atoms with van der Waals surface area (Å²) in [4.78, 5) is 6.97. The number of rotatable bonds is 10. The van der Waals surface area contributed by atoms with E-state index in [0.29, 0.717) is 19.2 Å². The Morgan fingerprint density at radius 3 is 2.65 bits per heavy atom. The van der Waals surface area contributed by atoms with Crippen LogP contribution in [0.1, 0.15) is 25.3 Å². The first-order chi connectivity index (χ1) is 14.3. The predicted molar refractivity (Wildman–Crippen MR) is 137 cm³/mol. The van der Waals surface area contributed by atoms with Gasteiger partial charge in [0.1, 0.15) is 0 Å². The zero-order chi connectivity index (χ0) is 22.0. The van der Waals surface area contributed by atoms with Crippen LogP contribution < -0.4 is 15.4 Å². The average molecular weight is 566 g/mol. The number of nitrogens with zero attached hydrogens (tertiary/aromatic N) is 2. The molecule has 31 heavy (non-hydrogen) atoms. The number of methoxy groups -OCH3 is 1. The number of piperidine rings is 1. The molecule has 1 aromatic rings. The minimum absolute atomic E-state index is 0. The highest BCUT2D eigenvalue weighted by Gasteiger charge is 2.20. The van der Waals surface area contributed by atoms with Gasteiger partial charge in [-0.05, 0) is 37.5 Å². The van der Waals surface area contributed by atoms with Gasteiger partial charge >= 0.3 is 0 Å². The summed E-state index contributed by atoms with van der Waals surface area (Å²) < 4.78 is 32.2. The van der Waals surface area contributed by atoms with E-state index in [0.717, 1.165) is 44.0 Å². The van der Waals surface area contributed by atoms with Crippen molar-refractivity contribution in [2.45, 2.75) is 37.2 Å². The van der Waals surface area contributed by atoms with Crippen molar-refractivity contribution in [1.29, 1.82) is 0 Å². The van der Waals surface area contributed by atoms with Crippen molar-refractivity contribution < 1.29 is 13.2 Å². The number of nitrogens with one attached hydrogen (secondary N) is 3. The smallest absolute Gasteiger partial charge is 0.240 e. The van der Waals surface area contributed by atoms with Gasteiger partial charge in [-0.1, -0.05) is 24.3 Å². The first kappa shape index (κ1) is 27.8. The summed E-state index contributed by atoms with van der Waals surface area (Å²) in [5.41, 5.74) is 2.06. The Kier molecular flexibility index (Phi) is 12.6. The second-order valence-corrected chi connectivity index (χ2v) is 9.38. The van der Waals surface area contributed by atoms with E-state index in [1.165, 1.54) is 12.7 Å². The van der Waals surface area contributed by atoms with Crippen molar-refractivity contribution in [2.75, 3.05) is 46.9 Å². The van der Waals surface area contributed by atoms with E-state index in [2.05, 4.69) is 38.8 Å². The quantitative estimate of drug-likeness (QED) is 0.132. The van der Waals surface area contributed by atoms with Crippen LogP contribution in [0.2, 0.25) is 0 Å². The van der Waals surface area contributed by atoms with Crippen molar-refractivity contribution in [2.24, 2.45) is 4.99 Å². The van der Waals surface area contributed by atoms with Crippen LogP contribution >= 0.6 is 24.0 Å². The lowest BCUT2D eigenvalue weighted by molar-refractivity contribution is 0.204. The molecule has 0 aliphatic carbocycles. The molecule has 3 N–H and O–H groups in total. The number of benzene rings is 1. The van der Waals surface area contributed by atoms with Gasteiger partial charge < -0.3 is 15.4 Å². The maximum atomic E-state index is 12.4. The molecule has 0 radical (unpaired) electrons. The maximum Gasteiger partial charge on any atom is 0.240 e. The molecule has 1 aliphatic heterocycles. The molecule has 0 saturated carbocycles. The molecule has 1 saturated heterocycles. The van der Waals surface area contributed by atoms with E-state index < -0.39 is 10.0 Å². The van der Waals surface area contributed by atoms with Crippen LogP contribution in [-0.2, 0) is 21.3 Å². The lowest BCUT2D eigenvalue weighted by Crippen LogP contribution is -2.48. The minimum atomic E-state index is -3.55. The minimum Gasteiger partial charge on any atom is -0.383 e. The second kappa shape index (κ2) is 14.0. The van der Waals surface area contributed by atoms with Gasteiger partial charge in [0.15, 0.2) is 5.96 Å². The molecule has 10 heteroatoms. The number of likely N-dealkylation sites (tertiary alicyclic amines) is 1. The highest BCUT2D eigenvalue weighted by Crippen LogP contribution is 2.13. The van der Waals surface area contributed by atoms with Crippen LogP contribution in [0, 0.1) is 0 Å². The Balaban J connectivity index is 0.00000480. The fourth-order valence-electron chi connectivity index (χ4n) is 3.37. The van der Waals surface area contributed by atoms with Crippen molar-refractivity contribution in [3.8, 4) is 0 Å². The molecule has 1 aromatic carbocycles. The molecule has 1 heterocycles. The van der Waals surface area contributed by atoms with Crippen LogP contribution in [0.3, 0.4) is 0 Å². The van der Waals surface area contributed by atoms with E-state index in [4.69, 9.17) is 4.74 Å². The molecule has 0 aromatic heterocycles. The third kappa shape index (κ3) is 9.85. The van der Waals surface area contributed by atoms with Gasteiger partial charge in [0.25, 0.3) is 0 Å². The van der Waals surface area contributed by atoms with Gasteiger partial charge in [-0.25, -0.2) is 13.1 Å². The first-order valence-electron chi connectivity index (χ1n) is 10.3. The molecule has 1 fully saturated rings. The van der Waals surface area contributed by atoms with E-state index in [1.54, 1.807) is 25.2 Å².